The molecule has 16 heteroatoms. The minimum absolute atomic E-state index is 0.0289. The quantitative estimate of drug-likeness (QED) is 0.0205. The van der Waals surface area contributed by atoms with Crippen LogP contribution in [0.4, 0.5) is 0 Å². The molecule has 336 valence electrons. The van der Waals surface area contributed by atoms with Gasteiger partial charge in [0.15, 0.2) is 5.78 Å². The van der Waals surface area contributed by atoms with E-state index in [1.54, 1.807) is 75.5 Å². The molecule has 0 spiro atoms. The van der Waals surface area contributed by atoms with Crippen LogP contribution in [-0.2, 0) is 37.4 Å². The van der Waals surface area contributed by atoms with Gasteiger partial charge in [0, 0.05) is 44.9 Å². The van der Waals surface area contributed by atoms with Gasteiger partial charge in [0.05, 0.1) is 51.8 Å². The molecular weight excluding hydrogens is 840 g/mol. The molecule has 0 aliphatic heterocycles. The standard InChI is InChI=1S/C45H63N2O11PS2/c1-33-10-18-38(19-11-33)60-30-37(31-61-39-20-12-34(2)13-21-39)40(48)35-14-16-36(17-15-35)41(49)46-22-24-54-26-27-55-42(50)44(3,4)32-45(5,6)43(51)56-28-29-58-59(52,53)57-25-23-47(7,8)9/h10-21,37H,22-32H2,1-9H3,(H-,46,49,52,53). The van der Waals surface area contributed by atoms with E-state index in [4.69, 9.17) is 23.3 Å². The summed E-state index contributed by atoms with van der Waals surface area (Å²) < 4.78 is 38.3. The van der Waals surface area contributed by atoms with Gasteiger partial charge in [-0.15, -0.1) is 23.5 Å². The van der Waals surface area contributed by atoms with Crippen LogP contribution in [0.1, 0.15) is 66.0 Å². The van der Waals surface area contributed by atoms with Crippen LogP contribution in [0.5, 0.6) is 0 Å². The van der Waals surface area contributed by atoms with Crippen LogP contribution >= 0.6 is 31.3 Å². The van der Waals surface area contributed by atoms with Crippen molar-refractivity contribution in [3.05, 3.63) is 95.1 Å². The molecule has 3 aromatic carbocycles. The van der Waals surface area contributed by atoms with Gasteiger partial charge in [-0.1, -0.05) is 47.5 Å². The normalized spacial score (nSPS) is 13.1. The number of esters is 2. The lowest BCUT2D eigenvalue weighted by molar-refractivity contribution is -0.870. The third-order valence-corrected chi connectivity index (χ3v) is 12.7. The highest BCUT2D eigenvalue weighted by molar-refractivity contribution is 8.00. The fourth-order valence-corrected chi connectivity index (χ4v) is 8.71. The number of benzene rings is 3. The number of rotatable bonds is 27. The predicted octanol–water partition coefficient (Wildman–Crippen LogP) is 7.17. The lowest BCUT2D eigenvalue weighted by Crippen LogP contribution is -2.38. The van der Waals surface area contributed by atoms with Crippen molar-refractivity contribution in [2.45, 2.75) is 57.8 Å². The number of thioether (sulfide) groups is 2. The van der Waals surface area contributed by atoms with E-state index in [0.29, 0.717) is 33.7 Å². The molecule has 0 aliphatic rings. The summed E-state index contributed by atoms with van der Waals surface area (Å²) in [4.78, 5) is 66.5. The zero-order valence-corrected chi connectivity index (χ0v) is 39.5. The van der Waals surface area contributed by atoms with Crippen molar-refractivity contribution in [1.82, 2.24) is 5.32 Å². The van der Waals surface area contributed by atoms with Crippen LogP contribution in [0.15, 0.2) is 82.6 Å². The van der Waals surface area contributed by atoms with Crippen LogP contribution in [0.3, 0.4) is 0 Å². The molecule has 3 rings (SSSR count). The molecule has 1 unspecified atom stereocenters. The van der Waals surface area contributed by atoms with Crippen molar-refractivity contribution in [3.63, 3.8) is 0 Å². The first-order valence-electron chi connectivity index (χ1n) is 20.2. The fraction of sp³-hybridized carbons (Fsp3) is 0.511. The molecule has 1 N–H and O–H groups in total. The molecular formula is C45H63N2O11PS2. The van der Waals surface area contributed by atoms with Gasteiger partial charge < -0.3 is 38.0 Å². The lowest BCUT2D eigenvalue weighted by Gasteiger charge is -2.31. The molecule has 0 heterocycles. The number of hydrogen-bond donors (Lipinski definition) is 1. The van der Waals surface area contributed by atoms with Gasteiger partial charge in [-0.25, -0.2) is 0 Å². The number of phosphoric acid groups is 1. The summed E-state index contributed by atoms with van der Waals surface area (Å²) in [5.41, 5.74) is 1.17. The number of amides is 1. The summed E-state index contributed by atoms with van der Waals surface area (Å²) in [5.74, 6) is -0.433. The van der Waals surface area contributed by atoms with Crippen LogP contribution in [0, 0.1) is 30.6 Å². The van der Waals surface area contributed by atoms with E-state index in [-0.39, 0.29) is 63.6 Å². The highest BCUT2D eigenvalue weighted by Gasteiger charge is 2.41. The van der Waals surface area contributed by atoms with E-state index < -0.39 is 37.2 Å². The summed E-state index contributed by atoms with van der Waals surface area (Å²) in [6.45, 7) is 10.8. The Morgan fingerprint density at radius 1 is 0.672 bits per heavy atom. The maximum Gasteiger partial charge on any atom is 0.311 e. The molecule has 1 amide bonds. The van der Waals surface area contributed by atoms with Crippen molar-refractivity contribution in [2.24, 2.45) is 16.7 Å². The zero-order valence-electron chi connectivity index (χ0n) is 37.0. The Labute approximate surface area is 370 Å². The summed E-state index contributed by atoms with van der Waals surface area (Å²) in [5, 5.41) is 2.80. The van der Waals surface area contributed by atoms with Crippen molar-refractivity contribution >= 4 is 55.0 Å². The monoisotopic (exact) mass is 902 g/mol. The lowest BCUT2D eigenvalue weighted by atomic mass is 9.75. The Kier molecular flexibility index (Phi) is 20.7. The molecule has 0 saturated carbocycles. The van der Waals surface area contributed by atoms with Gasteiger partial charge in [-0.05, 0) is 84.4 Å². The van der Waals surface area contributed by atoms with Gasteiger partial charge >= 0.3 is 11.9 Å². The molecule has 0 aromatic heterocycles. The van der Waals surface area contributed by atoms with Crippen molar-refractivity contribution in [1.29, 1.82) is 0 Å². The average Bonchev–Trinajstić information content (AvgIpc) is 3.19. The molecule has 1 atom stereocenters. The maximum atomic E-state index is 13.8. The van der Waals surface area contributed by atoms with Crippen molar-refractivity contribution in [3.8, 4) is 0 Å². The van der Waals surface area contributed by atoms with Crippen LogP contribution in [0.25, 0.3) is 0 Å². The largest absolute Gasteiger partial charge is 0.756 e. The second kappa shape index (κ2) is 24.4. The molecule has 0 saturated heterocycles. The number of ketones is 1. The van der Waals surface area contributed by atoms with Gasteiger partial charge in [-0.2, -0.15) is 0 Å². The molecule has 0 fully saturated rings. The highest BCUT2D eigenvalue weighted by atomic mass is 32.2. The maximum absolute atomic E-state index is 13.8. The Bertz CT molecular complexity index is 1870. The SMILES string of the molecule is Cc1ccc(SCC(CSc2ccc(C)cc2)C(=O)c2ccc(C(=O)NCCOCCOC(=O)C(C)(C)CC(C)(C)C(=O)OCCOP(=O)([O-])OCC[N+](C)(C)C)cc2)cc1. The third kappa shape index (κ3) is 19.6. The van der Waals surface area contributed by atoms with Gasteiger partial charge in [-0.3, -0.25) is 23.7 Å². The first kappa shape index (κ1) is 51.8. The minimum Gasteiger partial charge on any atom is -0.756 e. The predicted molar refractivity (Wildman–Crippen MR) is 238 cm³/mol. The van der Waals surface area contributed by atoms with E-state index in [1.165, 1.54) is 11.1 Å². The van der Waals surface area contributed by atoms with E-state index in [9.17, 15) is 28.6 Å². The fourth-order valence-electron chi connectivity index (χ4n) is 5.90. The summed E-state index contributed by atoms with van der Waals surface area (Å²) >= 11 is 3.32. The van der Waals surface area contributed by atoms with E-state index in [0.717, 1.165) is 9.79 Å². The zero-order chi connectivity index (χ0) is 45.3. The molecule has 0 aliphatic carbocycles. The minimum atomic E-state index is -4.54. The molecule has 61 heavy (non-hydrogen) atoms. The van der Waals surface area contributed by atoms with Gasteiger partial charge in [0.1, 0.15) is 26.4 Å². The summed E-state index contributed by atoms with van der Waals surface area (Å²) in [7, 11) is 1.15. The van der Waals surface area contributed by atoms with Gasteiger partial charge in [0.25, 0.3) is 13.7 Å². The first-order valence-corrected chi connectivity index (χ1v) is 23.6. The Morgan fingerprint density at radius 2 is 1.13 bits per heavy atom. The Hall–Kier alpha value is -3.53. The Morgan fingerprint density at radius 3 is 1.62 bits per heavy atom. The average molecular weight is 903 g/mol. The van der Waals surface area contributed by atoms with Crippen molar-refractivity contribution < 1.29 is 56.4 Å². The number of Topliss-reactive ketones (excluding diaryl/α,β-unsaturated/α-hetero) is 1. The molecule has 0 bridgehead atoms. The molecule has 0 radical (unpaired) electrons. The number of ether oxygens (including phenoxy) is 3. The summed E-state index contributed by atoms with van der Waals surface area (Å²) in [6, 6.07) is 23.3. The Balaban J connectivity index is 1.37. The van der Waals surface area contributed by atoms with E-state index in [2.05, 4.69) is 53.8 Å². The van der Waals surface area contributed by atoms with E-state index >= 15 is 0 Å². The second-order valence-electron chi connectivity index (χ2n) is 17.1. The van der Waals surface area contributed by atoms with Gasteiger partial charge in [0.2, 0.25) is 0 Å². The first-order chi connectivity index (χ1) is 28.6. The number of quaternary nitrogens is 1. The number of phosphoric ester groups is 1. The molecule has 13 nitrogen and oxygen atoms in total. The third-order valence-electron chi connectivity index (χ3n) is 9.31. The smallest absolute Gasteiger partial charge is 0.311 e. The number of hydrogen-bond acceptors (Lipinski definition) is 13. The molecule has 3 aromatic rings. The number of aryl methyl sites for hydroxylation is 2. The number of likely N-dealkylation sites (N-methyl/N-ethyl adjacent to an activating group) is 1. The second-order valence-corrected chi connectivity index (χ2v) is 20.7. The highest BCUT2D eigenvalue weighted by Crippen LogP contribution is 2.38. The number of nitrogens with zero attached hydrogens (tertiary/aromatic N) is 1. The summed E-state index contributed by atoms with van der Waals surface area (Å²) in [6.07, 6.45) is 0.0928. The topological polar surface area (TPSA) is 167 Å². The van der Waals surface area contributed by atoms with Crippen LogP contribution in [-0.4, -0.2) is 113 Å². The van der Waals surface area contributed by atoms with Crippen LogP contribution in [0.2, 0.25) is 0 Å². The van der Waals surface area contributed by atoms with Crippen LogP contribution < -0.4 is 10.2 Å². The number of nitrogens with one attached hydrogen (secondary N) is 1. The van der Waals surface area contributed by atoms with E-state index in [1.807, 2.05) is 35.0 Å². The number of carbonyl (C=O) groups excluding carboxylic acids is 4. The van der Waals surface area contributed by atoms with Crippen molar-refractivity contribution in [2.75, 3.05) is 85.4 Å². The number of carbonyl (C=O) groups is 4.